The van der Waals surface area contributed by atoms with Crippen molar-refractivity contribution in [2.45, 2.75) is 6.42 Å². The summed E-state index contributed by atoms with van der Waals surface area (Å²) in [5.41, 5.74) is 1.19. The summed E-state index contributed by atoms with van der Waals surface area (Å²) in [6.07, 6.45) is 0.262. The second kappa shape index (κ2) is 9.30. The van der Waals surface area contributed by atoms with Crippen LogP contribution in [-0.2, 0) is 11.2 Å². The van der Waals surface area contributed by atoms with Crippen LogP contribution >= 0.6 is 23.2 Å². The largest absolute Gasteiger partial charge is 0.497 e. The van der Waals surface area contributed by atoms with Gasteiger partial charge in [0, 0.05) is 18.1 Å². The molecule has 25 heavy (non-hydrogen) atoms. The van der Waals surface area contributed by atoms with Crippen LogP contribution in [0.3, 0.4) is 0 Å². The number of ether oxygens (including phenoxy) is 1. The maximum absolute atomic E-state index is 12.0. The van der Waals surface area contributed by atoms with E-state index in [9.17, 15) is 9.59 Å². The number of benzene rings is 2. The Kier molecular flexibility index (Phi) is 7.10. The van der Waals surface area contributed by atoms with Crippen LogP contribution in [-0.4, -0.2) is 32.0 Å². The quantitative estimate of drug-likeness (QED) is 0.725. The first-order chi connectivity index (χ1) is 12.0. The molecule has 0 fully saturated rings. The number of halogens is 2. The molecule has 0 aromatic heterocycles. The molecule has 0 saturated carbocycles. The van der Waals surface area contributed by atoms with Gasteiger partial charge in [-0.15, -0.1) is 0 Å². The fraction of sp³-hybridized carbons (Fsp3) is 0.222. The van der Waals surface area contributed by atoms with E-state index in [2.05, 4.69) is 10.6 Å². The number of hydrogen-bond donors (Lipinski definition) is 2. The van der Waals surface area contributed by atoms with Crippen molar-refractivity contribution >= 4 is 35.0 Å². The van der Waals surface area contributed by atoms with E-state index < -0.39 is 0 Å². The molecule has 2 amide bonds. The van der Waals surface area contributed by atoms with Crippen LogP contribution in [0.5, 0.6) is 5.75 Å². The van der Waals surface area contributed by atoms with Gasteiger partial charge in [0.05, 0.1) is 24.1 Å². The van der Waals surface area contributed by atoms with Crippen molar-refractivity contribution < 1.29 is 14.3 Å². The summed E-state index contributed by atoms with van der Waals surface area (Å²) in [5, 5.41) is 6.19. The molecule has 0 aliphatic rings. The van der Waals surface area contributed by atoms with Crippen LogP contribution in [0.1, 0.15) is 15.9 Å². The predicted octanol–water partition coefficient (Wildman–Crippen LogP) is 3.09. The van der Waals surface area contributed by atoms with Gasteiger partial charge in [-0.1, -0.05) is 35.3 Å². The Bertz CT molecular complexity index is 748. The second-order valence-corrected chi connectivity index (χ2v) is 6.10. The first-order valence-electron chi connectivity index (χ1n) is 7.62. The first kappa shape index (κ1) is 19.1. The molecule has 0 bridgehead atoms. The van der Waals surface area contributed by atoms with E-state index in [-0.39, 0.29) is 24.8 Å². The van der Waals surface area contributed by atoms with Crippen molar-refractivity contribution in [1.29, 1.82) is 0 Å². The van der Waals surface area contributed by atoms with Gasteiger partial charge in [0.1, 0.15) is 5.75 Å². The number of rotatable bonds is 7. The molecule has 0 spiro atoms. The van der Waals surface area contributed by atoms with E-state index in [1.165, 1.54) is 6.07 Å². The lowest BCUT2D eigenvalue weighted by atomic mass is 10.1. The Morgan fingerprint density at radius 1 is 1.00 bits per heavy atom. The first-order valence-corrected chi connectivity index (χ1v) is 8.38. The van der Waals surface area contributed by atoms with Crippen molar-refractivity contribution in [3.63, 3.8) is 0 Å². The summed E-state index contributed by atoms with van der Waals surface area (Å²) in [6, 6.07) is 12.0. The van der Waals surface area contributed by atoms with Gasteiger partial charge in [-0.3, -0.25) is 9.59 Å². The Hall–Kier alpha value is -2.24. The van der Waals surface area contributed by atoms with Gasteiger partial charge in [0.2, 0.25) is 5.91 Å². The maximum Gasteiger partial charge on any atom is 0.252 e. The molecule has 2 N–H and O–H groups in total. The smallest absolute Gasteiger partial charge is 0.252 e. The second-order valence-electron chi connectivity index (χ2n) is 5.25. The van der Waals surface area contributed by atoms with Crippen molar-refractivity contribution in [2.75, 3.05) is 20.2 Å². The lowest BCUT2D eigenvalue weighted by molar-refractivity contribution is -0.120. The van der Waals surface area contributed by atoms with Crippen LogP contribution in [0.15, 0.2) is 42.5 Å². The van der Waals surface area contributed by atoms with E-state index in [0.29, 0.717) is 22.2 Å². The maximum atomic E-state index is 12.0. The molecule has 2 aromatic carbocycles. The molecule has 0 atom stereocenters. The van der Waals surface area contributed by atoms with E-state index in [1.807, 2.05) is 12.1 Å². The number of carbonyl (C=O) groups excluding carboxylic acids is 2. The minimum atomic E-state index is -0.336. The normalized spacial score (nSPS) is 10.2. The fourth-order valence-electron chi connectivity index (χ4n) is 2.14. The van der Waals surface area contributed by atoms with Crippen molar-refractivity contribution in [2.24, 2.45) is 0 Å². The van der Waals surface area contributed by atoms with Gasteiger partial charge < -0.3 is 15.4 Å². The fourth-order valence-corrected chi connectivity index (χ4v) is 2.51. The predicted molar refractivity (Wildman–Crippen MR) is 98.5 cm³/mol. The third-order valence-corrected chi connectivity index (χ3v) is 3.99. The SMILES string of the molecule is COc1ccc(CC(=O)NCCNC(=O)c2cc(Cl)ccc2Cl)cc1. The highest BCUT2D eigenvalue weighted by molar-refractivity contribution is 6.35. The molecule has 132 valence electrons. The Morgan fingerprint density at radius 3 is 2.36 bits per heavy atom. The minimum absolute atomic E-state index is 0.125. The lowest BCUT2D eigenvalue weighted by Crippen LogP contribution is -2.35. The molecule has 0 radical (unpaired) electrons. The van der Waals surface area contributed by atoms with E-state index in [0.717, 1.165) is 11.3 Å². The molecule has 2 rings (SSSR count). The molecular weight excluding hydrogens is 363 g/mol. The van der Waals surface area contributed by atoms with Gasteiger partial charge in [0.15, 0.2) is 0 Å². The number of carbonyl (C=O) groups is 2. The molecular formula is C18H18Cl2N2O3. The summed E-state index contributed by atoms with van der Waals surface area (Å²) >= 11 is 11.8. The molecule has 0 saturated heterocycles. The topological polar surface area (TPSA) is 67.4 Å². The molecule has 5 nitrogen and oxygen atoms in total. The monoisotopic (exact) mass is 380 g/mol. The van der Waals surface area contributed by atoms with Gasteiger partial charge in [-0.05, 0) is 35.9 Å². The highest BCUT2D eigenvalue weighted by atomic mass is 35.5. The third kappa shape index (κ3) is 5.96. The highest BCUT2D eigenvalue weighted by Gasteiger charge is 2.10. The number of methoxy groups -OCH3 is 1. The van der Waals surface area contributed by atoms with Gasteiger partial charge >= 0.3 is 0 Å². The Labute approximate surface area is 156 Å². The number of amides is 2. The number of hydrogen-bond acceptors (Lipinski definition) is 3. The van der Waals surface area contributed by atoms with E-state index in [1.54, 1.807) is 31.4 Å². The van der Waals surface area contributed by atoms with Crippen LogP contribution in [0, 0.1) is 0 Å². The zero-order valence-electron chi connectivity index (χ0n) is 13.6. The average Bonchev–Trinajstić information content (AvgIpc) is 2.61. The summed E-state index contributed by atoms with van der Waals surface area (Å²) in [4.78, 5) is 23.9. The standard InChI is InChI=1S/C18H18Cl2N2O3/c1-25-14-5-2-12(3-6-14)10-17(23)21-8-9-22-18(24)15-11-13(19)4-7-16(15)20/h2-7,11H,8-10H2,1H3,(H,21,23)(H,22,24). The zero-order chi connectivity index (χ0) is 18.2. The van der Waals surface area contributed by atoms with Gasteiger partial charge in [-0.2, -0.15) is 0 Å². The third-order valence-electron chi connectivity index (χ3n) is 3.43. The Balaban J connectivity index is 1.73. The van der Waals surface area contributed by atoms with Crippen molar-refractivity contribution in [3.05, 3.63) is 63.6 Å². The van der Waals surface area contributed by atoms with Crippen LogP contribution < -0.4 is 15.4 Å². The summed E-state index contributed by atoms with van der Waals surface area (Å²) < 4.78 is 5.07. The van der Waals surface area contributed by atoms with Crippen molar-refractivity contribution in [1.82, 2.24) is 10.6 Å². The number of nitrogens with one attached hydrogen (secondary N) is 2. The van der Waals surface area contributed by atoms with Gasteiger partial charge in [-0.25, -0.2) is 0 Å². The van der Waals surface area contributed by atoms with E-state index in [4.69, 9.17) is 27.9 Å². The minimum Gasteiger partial charge on any atom is -0.497 e. The average molecular weight is 381 g/mol. The zero-order valence-corrected chi connectivity index (χ0v) is 15.2. The molecule has 0 aliphatic heterocycles. The Morgan fingerprint density at radius 2 is 1.68 bits per heavy atom. The molecule has 0 aliphatic carbocycles. The summed E-state index contributed by atoms with van der Waals surface area (Å²) in [5.74, 6) is 0.281. The van der Waals surface area contributed by atoms with Crippen molar-refractivity contribution in [3.8, 4) is 5.75 Å². The lowest BCUT2D eigenvalue weighted by Gasteiger charge is -2.09. The molecule has 2 aromatic rings. The van der Waals surface area contributed by atoms with Crippen LogP contribution in [0.25, 0.3) is 0 Å². The van der Waals surface area contributed by atoms with Gasteiger partial charge in [0.25, 0.3) is 5.91 Å². The van der Waals surface area contributed by atoms with E-state index >= 15 is 0 Å². The van der Waals surface area contributed by atoms with Crippen LogP contribution in [0.4, 0.5) is 0 Å². The van der Waals surface area contributed by atoms with Crippen LogP contribution in [0.2, 0.25) is 10.0 Å². The summed E-state index contributed by atoms with van der Waals surface area (Å²) in [7, 11) is 1.59. The summed E-state index contributed by atoms with van der Waals surface area (Å²) in [6.45, 7) is 0.606. The highest BCUT2D eigenvalue weighted by Crippen LogP contribution is 2.20. The molecule has 7 heteroatoms. The molecule has 0 unspecified atom stereocenters. The molecule has 0 heterocycles.